The molecule has 0 unspecified atom stereocenters. The van der Waals surface area contributed by atoms with E-state index in [0.29, 0.717) is 11.2 Å². The van der Waals surface area contributed by atoms with Crippen molar-refractivity contribution in [3.05, 3.63) is 6.33 Å². The van der Waals surface area contributed by atoms with Crippen LogP contribution in [0.2, 0.25) is 0 Å². The molecular weight excluding hydrogens is 212 g/mol. The molecule has 9 heteroatoms. The van der Waals surface area contributed by atoms with Crippen LogP contribution in [-0.4, -0.2) is 28.4 Å². The van der Waals surface area contributed by atoms with E-state index in [1.54, 1.807) is 0 Å². The van der Waals surface area contributed by atoms with Gasteiger partial charge in [0.25, 0.3) is 5.88 Å². The standard InChI is InChI=1S/C5H2N4O4S/c10-14(11)12-4-2-3(7-1-6-2)8-5(9-4)13-14/h1H,(H,6,7,8,9). The molecule has 3 rings (SSSR count). The van der Waals surface area contributed by atoms with E-state index in [9.17, 15) is 8.42 Å². The molecule has 1 N–H and O–H groups in total. The summed E-state index contributed by atoms with van der Waals surface area (Å²) in [6.45, 7) is 0. The highest BCUT2D eigenvalue weighted by Crippen LogP contribution is 2.27. The highest BCUT2D eigenvalue weighted by molar-refractivity contribution is 7.82. The Labute approximate surface area is 77.2 Å². The molecule has 0 saturated heterocycles. The lowest BCUT2D eigenvalue weighted by Crippen LogP contribution is -2.22. The maximum absolute atomic E-state index is 11.0. The minimum atomic E-state index is -4.07. The highest BCUT2D eigenvalue weighted by Gasteiger charge is 2.28. The van der Waals surface area contributed by atoms with Gasteiger partial charge < -0.3 is 13.4 Å². The average molecular weight is 214 g/mol. The molecule has 0 spiro atoms. The van der Waals surface area contributed by atoms with Gasteiger partial charge in [-0.3, -0.25) is 0 Å². The third-order valence-electron chi connectivity index (χ3n) is 1.59. The zero-order valence-corrected chi connectivity index (χ0v) is 7.28. The lowest BCUT2D eigenvalue weighted by atomic mass is 10.5. The number of aromatic nitrogens is 4. The highest BCUT2D eigenvalue weighted by atomic mass is 32.3. The molecule has 0 aliphatic carbocycles. The number of imidazole rings is 1. The van der Waals surface area contributed by atoms with E-state index in [1.807, 2.05) is 0 Å². The topological polar surface area (TPSA) is 107 Å². The number of hydrogen-bond donors (Lipinski definition) is 1. The Balaban J connectivity index is 2.40. The van der Waals surface area contributed by atoms with E-state index in [4.69, 9.17) is 0 Å². The van der Waals surface area contributed by atoms with Crippen LogP contribution in [0.3, 0.4) is 0 Å². The van der Waals surface area contributed by atoms with Crippen LogP contribution in [0.25, 0.3) is 11.2 Å². The van der Waals surface area contributed by atoms with Crippen LogP contribution in [-0.2, 0) is 10.4 Å². The molecule has 14 heavy (non-hydrogen) atoms. The number of rotatable bonds is 0. The molecule has 0 amide bonds. The monoisotopic (exact) mass is 214 g/mol. The molecule has 1 aliphatic rings. The quantitative estimate of drug-likeness (QED) is 0.621. The summed E-state index contributed by atoms with van der Waals surface area (Å²) in [7, 11) is -4.07. The fourth-order valence-electron chi connectivity index (χ4n) is 1.09. The van der Waals surface area contributed by atoms with E-state index < -0.39 is 10.4 Å². The Kier molecular flexibility index (Phi) is 1.14. The number of aromatic amines is 1. The molecule has 0 aromatic carbocycles. The molecule has 2 bridgehead atoms. The van der Waals surface area contributed by atoms with Crippen molar-refractivity contribution >= 4 is 21.6 Å². The van der Waals surface area contributed by atoms with Crippen LogP contribution in [0.5, 0.6) is 11.9 Å². The van der Waals surface area contributed by atoms with E-state index in [-0.39, 0.29) is 11.9 Å². The van der Waals surface area contributed by atoms with Crippen molar-refractivity contribution in [2.45, 2.75) is 0 Å². The summed E-state index contributed by atoms with van der Waals surface area (Å²) in [5, 5.41) is 0. The smallest absolute Gasteiger partial charge is 0.339 e. The van der Waals surface area contributed by atoms with Crippen molar-refractivity contribution in [1.82, 2.24) is 19.9 Å². The van der Waals surface area contributed by atoms with Gasteiger partial charge in [0.2, 0.25) is 0 Å². The summed E-state index contributed by atoms with van der Waals surface area (Å²) in [4.78, 5) is 13.9. The van der Waals surface area contributed by atoms with E-state index in [1.165, 1.54) is 6.33 Å². The van der Waals surface area contributed by atoms with Gasteiger partial charge in [0.15, 0.2) is 5.65 Å². The molecule has 72 valence electrons. The normalized spacial score (nSPS) is 17.4. The van der Waals surface area contributed by atoms with E-state index in [2.05, 4.69) is 28.3 Å². The number of H-pyrrole nitrogens is 1. The lowest BCUT2D eigenvalue weighted by Gasteiger charge is -2.11. The second kappa shape index (κ2) is 2.12. The zero-order chi connectivity index (χ0) is 9.76. The number of fused-ring (bicyclic) bond motifs is 4. The molecule has 0 atom stereocenters. The fraction of sp³-hybridized carbons (Fsp3) is 0. The number of nitrogens with one attached hydrogen (secondary N) is 1. The summed E-state index contributed by atoms with van der Waals surface area (Å²) in [6.07, 6.45) is 1.36. The van der Waals surface area contributed by atoms with Gasteiger partial charge in [-0.15, -0.1) is 8.42 Å². The summed E-state index contributed by atoms with van der Waals surface area (Å²) in [5.74, 6) is -0.103. The van der Waals surface area contributed by atoms with Crippen molar-refractivity contribution in [2.24, 2.45) is 0 Å². The number of nitrogens with zero attached hydrogens (tertiary/aromatic N) is 3. The van der Waals surface area contributed by atoms with Gasteiger partial charge in [0.1, 0.15) is 5.52 Å². The third kappa shape index (κ3) is 0.923. The summed E-state index contributed by atoms with van der Waals surface area (Å²) < 4.78 is 30.7. The van der Waals surface area contributed by atoms with Gasteiger partial charge in [-0.2, -0.15) is 9.97 Å². The van der Waals surface area contributed by atoms with Crippen LogP contribution >= 0.6 is 0 Å². The lowest BCUT2D eigenvalue weighted by molar-refractivity contribution is 0.351. The minimum absolute atomic E-state index is 0.103. The summed E-state index contributed by atoms with van der Waals surface area (Å²) >= 11 is 0. The van der Waals surface area contributed by atoms with E-state index >= 15 is 0 Å². The maximum atomic E-state index is 11.0. The van der Waals surface area contributed by atoms with Crippen molar-refractivity contribution in [3.63, 3.8) is 0 Å². The predicted molar refractivity (Wildman–Crippen MR) is 41.9 cm³/mol. The van der Waals surface area contributed by atoms with Gasteiger partial charge >= 0.3 is 16.4 Å². The van der Waals surface area contributed by atoms with Crippen LogP contribution in [0.15, 0.2) is 6.33 Å². The third-order valence-corrected chi connectivity index (χ3v) is 2.30. The largest absolute Gasteiger partial charge is 0.505 e. The number of hydrogen-bond acceptors (Lipinski definition) is 7. The van der Waals surface area contributed by atoms with Gasteiger partial charge in [0, 0.05) is 0 Å². The molecule has 8 nitrogen and oxygen atoms in total. The van der Waals surface area contributed by atoms with Crippen molar-refractivity contribution in [2.75, 3.05) is 0 Å². The van der Waals surface area contributed by atoms with E-state index in [0.717, 1.165) is 0 Å². The minimum Gasteiger partial charge on any atom is -0.339 e. The van der Waals surface area contributed by atoms with Crippen molar-refractivity contribution < 1.29 is 16.8 Å². The first-order valence-electron chi connectivity index (χ1n) is 3.49. The van der Waals surface area contributed by atoms with Gasteiger partial charge in [-0.05, 0) is 0 Å². The molecule has 0 radical (unpaired) electrons. The molecule has 0 fully saturated rings. The van der Waals surface area contributed by atoms with Crippen LogP contribution in [0, 0.1) is 0 Å². The molecule has 2 aromatic heterocycles. The Morgan fingerprint density at radius 3 is 3.00 bits per heavy atom. The molecule has 2 aromatic rings. The predicted octanol–water partition coefficient (Wildman–Crippen LogP) is -0.631. The average Bonchev–Trinajstić information content (AvgIpc) is 2.48. The molecule has 1 aliphatic heterocycles. The summed E-state index contributed by atoms with van der Waals surface area (Å²) in [6, 6.07) is -0.286. The van der Waals surface area contributed by atoms with Crippen LogP contribution in [0.4, 0.5) is 0 Å². The fourth-order valence-corrected chi connectivity index (χ4v) is 1.70. The Hall–Kier alpha value is -1.90. The van der Waals surface area contributed by atoms with Gasteiger partial charge in [-0.25, -0.2) is 4.98 Å². The molecule has 3 heterocycles. The first-order valence-corrected chi connectivity index (χ1v) is 4.82. The zero-order valence-electron chi connectivity index (χ0n) is 6.46. The molecule has 0 saturated carbocycles. The first kappa shape index (κ1) is 7.50. The summed E-state index contributed by atoms with van der Waals surface area (Å²) in [5.41, 5.74) is 0.612. The molecular formula is C5H2N4O4S. The Morgan fingerprint density at radius 2 is 2.14 bits per heavy atom. The van der Waals surface area contributed by atoms with Crippen molar-refractivity contribution in [3.8, 4) is 11.9 Å². The van der Waals surface area contributed by atoms with Crippen molar-refractivity contribution in [1.29, 1.82) is 0 Å². The second-order valence-corrected chi connectivity index (χ2v) is 3.64. The van der Waals surface area contributed by atoms with Crippen LogP contribution in [0.1, 0.15) is 0 Å². The second-order valence-electron chi connectivity index (χ2n) is 2.49. The van der Waals surface area contributed by atoms with Gasteiger partial charge in [0.05, 0.1) is 6.33 Å². The first-order chi connectivity index (χ1) is 6.64. The van der Waals surface area contributed by atoms with Crippen LogP contribution < -0.4 is 8.37 Å². The van der Waals surface area contributed by atoms with Gasteiger partial charge in [-0.1, -0.05) is 0 Å². The maximum Gasteiger partial charge on any atom is 0.505 e. The Bertz CT molecular complexity index is 618. The Morgan fingerprint density at radius 1 is 1.29 bits per heavy atom. The SMILES string of the molecule is O=S1(=O)Oc2nc(c3[nH]cnc3n2)O1.